The summed E-state index contributed by atoms with van der Waals surface area (Å²) in [5.41, 5.74) is 2.57. The summed E-state index contributed by atoms with van der Waals surface area (Å²) in [6, 6.07) is 13.0. The summed E-state index contributed by atoms with van der Waals surface area (Å²) in [7, 11) is 4.57. The van der Waals surface area contributed by atoms with Gasteiger partial charge < -0.3 is 19.1 Å². The van der Waals surface area contributed by atoms with Crippen LogP contribution < -0.4 is 9.47 Å². The normalized spacial score (nSPS) is 16.2. The number of ether oxygens (including phenoxy) is 3. The van der Waals surface area contributed by atoms with Gasteiger partial charge in [0.25, 0.3) is 0 Å². The van der Waals surface area contributed by atoms with Gasteiger partial charge in [-0.2, -0.15) is 0 Å². The third kappa shape index (κ3) is 4.25. The zero-order valence-corrected chi connectivity index (χ0v) is 17.0. The van der Waals surface area contributed by atoms with Crippen LogP contribution in [0.3, 0.4) is 0 Å². The first kappa shape index (κ1) is 20.1. The first-order valence-corrected chi connectivity index (χ1v) is 9.92. The van der Waals surface area contributed by atoms with Gasteiger partial charge in [0.15, 0.2) is 11.5 Å². The van der Waals surface area contributed by atoms with Gasteiger partial charge in [0, 0.05) is 6.54 Å². The van der Waals surface area contributed by atoms with Crippen molar-refractivity contribution in [3.63, 3.8) is 0 Å². The van der Waals surface area contributed by atoms with Crippen molar-refractivity contribution in [1.82, 2.24) is 4.90 Å². The van der Waals surface area contributed by atoms with Crippen LogP contribution in [0.1, 0.15) is 26.9 Å². The summed E-state index contributed by atoms with van der Waals surface area (Å²) in [6.07, 6.45) is 0.712. The van der Waals surface area contributed by atoms with E-state index >= 15 is 0 Å². The number of rotatable bonds is 7. The van der Waals surface area contributed by atoms with Crippen LogP contribution in [0.5, 0.6) is 11.5 Å². The highest BCUT2D eigenvalue weighted by atomic mass is 32.2. The molecule has 28 heavy (non-hydrogen) atoms. The van der Waals surface area contributed by atoms with Crippen LogP contribution in [0.25, 0.3) is 0 Å². The number of hydrogen-bond acceptors (Lipinski definition) is 6. The van der Waals surface area contributed by atoms with Gasteiger partial charge in [-0.3, -0.25) is 4.79 Å². The number of benzene rings is 2. The molecule has 2 aromatic carbocycles. The number of methoxy groups -OCH3 is 3. The topological polar surface area (TPSA) is 65.1 Å². The number of thioether (sulfide) groups is 1. The fourth-order valence-corrected chi connectivity index (χ4v) is 4.38. The maximum absolute atomic E-state index is 12.4. The minimum Gasteiger partial charge on any atom is -0.493 e. The quantitative estimate of drug-likeness (QED) is 0.664. The van der Waals surface area contributed by atoms with Crippen LogP contribution in [0.4, 0.5) is 0 Å². The smallest absolute Gasteiger partial charge is 0.337 e. The predicted molar refractivity (Wildman–Crippen MR) is 108 cm³/mol. The lowest BCUT2D eigenvalue weighted by molar-refractivity contribution is -0.128. The standard InChI is InChI=1S/C21H23NO5S/c1-25-17-9-4-14(12-18(17)26-2)10-11-22-19(23)13-28-20(22)15-5-7-16(8-6-15)21(24)27-3/h4-9,12,20H,10-11,13H2,1-3H3/t20-/m1/s1. The van der Waals surface area contributed by atoms with Crippen LogP contribution in [0, 0.1) is 0 Å². The van der Waals surface area contributed by atoms with Crippen molar-refractivity contribution in [2.24, 2.45) is 0 Å². The van der Waals surface area contributed by atoms with Gasteiger partial charge >= 0.3 is 5.97 Å². The molecular formula is C21H23NO5S. The van der Waals surface area contributed by atoms with Crippen molar-refractivity contribution in [2.45, 2.75) is 11.8 Å². The molecule has 0 spiro atoms. The van der Waals surface area contributed by atoms with Gasteiger partial charge in [-0.1, -0.05) is 18.2 Å². The number of amides is 1. The third-order valence-electron chi connectivity index (χ3n) is 4.67. The van der Waals surface area contributed by atoms with Crippen LogP contribution >= 0.6 is 11.8 Å². The summed E-state index contributed by atoms with van der Waals surface area (Å²) < 4.78 is 15.4. The van der Waals surface area contributed by atoms with Crippen LogP contribution in [-0.2, 0) is 16.0 Å². The van der Waals surface area contributed by atoms with Gasteiger partial charge in [-0.05, 0) is 41.8 Å². The van der Waals surface area contributed by atoms with Gasteiger partial charge in [-0.15, -0.1) is 11.8 Å². The van der Waals surface area contributed by atoms with E-state index in [1.807, 2.05) is 35.2 Å². The first-order chi connectivity index (χ1) is 13.6. The molecule has 0 bridgehead atoms. The molecule has 1 amide bonds. The second-order valence-electron chi connectivity index (χ2n) is 6.30. The number of hydrogen-bond donors (Lipinski definition) is 0. The molecule has 148 valence electrons. The monoisotopic (exact) mass is 401 g/mol. The molecule has 1 heterocycles. The fourth-order valence-electron chi connectivity index (χ4n) is 3.16. The molecule has 1 saturated heterocycles. The number of esters is 1. The fraction of sp³-hybridized carbons (Fsp3) is 0.333. The highest BCUT2D eigenvalue weighted by Gasteiger charge is 2.32. The average molecular weight is 401 g/mol. The van der Waals surface area contributed by atoms with Crippen molar-refractivity contribution in [2.75, 3.05) is 33.6 Å². The van der Waals surface area contributed by atoms with E-state index in [0.29, 0.717) is 35.8 Å². The van der Waals surface area contributed by atoms with E-state index in [2.05, 4.69) is 0 Å². The molecule has 0 radical (unpaired) electrons. The van der Waals surface area contributed by atoms with Crippen LogP contribution in [0.15, 0.2) is 42.5 Å². The molecule has 2 aromatic rings. The molecule has 0 unspecified atom stereocenters. The molecule has 6 nitrogen and oxygen atoms in total. The largest absolute Gasteiger partial charge is 0.493 e. The average Bonchev–Trinajstić information content (AvgIpc) is 3.11. The van der Waals surface area contributed by atoms with Crippen molar-refractivity contribution >= 4 is 23.6 Å². The molecule has 1 aliphatic heterocycles. The Balaban J connectivity index is 1.71. The predicted octanol–water partition coefficient (Wildman–Crippen LogP) is 3.31. The molecule has 0 aromatic heterocycles. The van der Waals surface area contributed by atoms with Crippen LogP contribution in [-0.4, -0.2) is 50.4 Å². The molecule has 1 aliphatic rings. The second-order valence-corrected chi connectivity index (χ2v) is 7.37. The lowest BCUT2D eigenvalue weighted by atomic mass is 10.1. The van der Waals surface area contributed by atoms with Gasteiger partial charge in [0.05, 0.1) is 32.6 Å². The molecule has 7 heteroatoms. The molecular weight excluding hydrogens is 378 g/mol. The zero-order valence-electron chi connectivity index (χ0n) is 16.1. The van der Waals surface area contributed by atoms with Crippen LogP contribution in [0.2, 0.25) is 0 Å². The number of carbonyl (C=O) groups excluding carboxylic acids is 2. The second kappa shape index (κ2) is 9.01. The van der Waals surface area contributed by atoms with E-state index < -0.39 is 0 Å². The van der Waals surface area contributed by atoms with E-state index in [1.165, 1.54) is 7.11 Å². The molecule has 0 saturated carbocycles. The maximum atomic E-state index is 12.4. The lowest BCUT2D eigenvalue weighted by Crippen LogP contribution is -2.30. The number of nitrogens with zero attached hydrogens (tertiary/aromatic N) is 1. The summed E-state index contributed by atoms with van der Waals surface area (Å²) in [5, 5.41) is -0.0562. The highest BCUT2D eigenvalue weighted by Crippen LogP contribution is 2.39. The summed E-state index contributed by atoms with van der Waals surface area (Å²) in [6.45, 7) is 0.602. The summed E-state index contributed by atoms with van der Waals surface area (Å²) in [4.78, 5) is 25.9. The third-order valence-corrected chi connectivity index (χ3v) is 5.93. The van der Waals surface area contributed by atoms with E-state index in [0.717, 1.165) is 11.1 Å². The van der Waals surface area contributed by atoms with E-state index in [1.54, 1.807) is 38.1 Å². The number of carbonyl (C=O) groups is 2. The highest BCUT2D eigenvalue weighted by molar-refractivity contribution is 8.00. The Kier molecular flexibility index (Phi) is 6.46. The van der Waals surface area contributed by atoms with Crippen molar-refractivity contribution in [3.8, 4) is 11.5 Å². The van der Waals surface area contributed by atoms with Crippen molar-refractivity contribution < 1.29 is 23.8 Å². The lowest BCUT2D eigenvalue weighted by Gasteiger charge is -2.24. The molecule has 0 aliphatic carbocycles. The van der Waals surface area contributed by atoms with E-state index in [4.69, 9.17) is 14.2 Å². The Hall–Kier alpha value is -2.67. The molecule has 0 N–H and O–H groups in total. The molecule has 3 rings (SSSR count). The molecule has 1 fully saturated rings. The Morgan fingerprint density at radius 2 is 1.79 bits per heavy atom. The Labute approximate surface area is 168 Å². The molecule has 1 atom stereocenters. The summed E-state index contributed by atoms with van der Waals surface area (Å²) in [5.74, 6) is 1.56. The Morgan fingerprint density at radius 1 is 1.07 bits per heavy atom. The van der Waals surface area contributed by atoms with E-state index in [-0.39, 0.29) is 17.3 Å². The SMILES string of the molecule is COC(=O)c1ccc([C@H]2SCC(=O)N2CCc2ccc(OC)c(OC)c2)cc1. The van der Waals surface area contributed by atoms with Gasteiger partial charge in [0.2, 0.25) is 5.91 Å². The van der Waals surface area contributed by atoms with Crippen molar-refractivity contribution in [1.29, 1.82) is 0 Å². The van der Waals surface area contributed by atoms with Gasteiger partial charge in [-0.25, -0.2) is 4.79 Å². The Bertz CT molecular complexity index is 852. The maximum Gasteiger partial charge on any atom is 0.337 e. The van der Waals surface area contributed by atoms with E-state index in [9.17, 15) is 9.59 Å². The first-order valence-electron chi connectivity index (χ1n) is 8.87. The minimum atomic E-state index is -0.369. The minimum absolute atomic E-state index is 0.0562. The Morgan fingerprint density at radius 3 is 2.43 bits per heavy atom. The summed E-state index contributed by atoms with van der Waals surface area (Å²) >= 11 is 1.60. The van der Waals surface area contributed by atoms with Crippen molar-refractivity contribution in [3.05, 3.63) is 59.2 Å². The van der Waals surface area contributed by atoms with Gasteiger partial charge in [0.1, 0.15) is 5.37 Å². The zero-order chi connectivity index (χ0) is 20.1.